The largest absolute Gasteiger partial charge is 0.269 e. The Balaban J connectivity index is 4.63. The average Bonchev–Trinajstić information content (AvgIpc) is 2.00. The first-order chi connectivity index (χ1) is 4.63. The van der Waals surface area contributed by atoms with E-state index < -0.39 is 0 Å². The quantitative estimate of drug-likeness (QED) is 0.410. The lowest BCUT2D eigenvalue weighted by Gasteiger charge is -2.01. The number of allylic oxidation sites excluding steroid dienone is 4. The van der Waals surface area contributed by atoms with E-state index in [0.717, 1.165) is 5.70 Å². The van der Waals surface area contributed by atoms with Crippen molar-refractivity contribution in [1.82, 2.24) is 0 Å². The summed E-state index contributed by atoms with van der Waals surface area (Å²) < 4.78 is 0. The number of hydrogen-bond acceptors (Lipinski definition) is 1. The van der Waals surface area contributed by atoms with Gasteiger partial charge in [-0.3, -0.25) is 4.99 Å². The van der Waals surface area contributed by atoms with Gasteiger partial charge in [-0.1, -0.05) is 11.6 Å². The van der Waals surface area contributed by atoms with E-state index in [4.69, 9.17) is 0 Å². The molecule has 0 fully saturated rings. The third kappa shape index (κ3) is 2.18. The molecular weight excluding hydrogens is 122 g/mol. The van der Waals surface area contributed by atoms with E-state index >= 15 is 0 Å². The van der Waals surface area contributed by atoms with Crippen molar-refractivity contribution in [2.75, 3.05) is 0 Å². The standard InChI is InChI=1S/C9H15N/c1-6-7(2)8(3)9(4)10-5/h6H,5H2,1-4H3/b7-6-,9-8-. The van der Waals surface area contributed by atoms with Crippen LogP contribution >= 0.6 is 0 Å². The zero-order valence-electron chi connectivity index (χ0n) is 7.23. The summed E-state index contributed by atoms with van der Waals surface area (Å²) in [6.45, 7) is 11.6. The second-order valence-electron chi connectivity index (χ2n) is 2.34. The van der Waals surface area contributed by atoms with Crippen LogP contribution in [0.4, 0.5) is 0 Å². The van der Waals surface area contributed by atoms with Gasteiger partial charge in [-0.2, -0.15) is 0 Å². The number of nitrogens with zero attached hydrogens (tertiary/aromatic N) is 1. The molecule has 0 spiro atoms. The van der Waals surface area contributed by atoms with Crippen LogP contribution in [0.3, 0.4) is 0 Å². The number of hydrogen-bond donors (Lipinski definition) is 0. The fourth-order valence-corrected chi connectivity index (χ4v) is 0.620. The molecule has 0 aromatic rings. The van der Waals surface area contributed by atoms with Gasteiger partial charge < -0.3 is 0 Å². The Morgan fingerprint density at radius 2 is 1.80 bits per heavy atom. The van der Waals surface area contributed by atoms with Crippen LogP contribution in [0.1, 0.15) is 27.7 Å². The minimum Gasteiger partial charge on any atom is -0.269 e. The van der Waals surface area contributed by atoms with Crippen molar-refractivity contribution in [3.63, 3.8) is 0 Å². The summed E-state index contributed by atoms with van der Waals surface area (Å²) in [5.41, 5.74) is 3.50. The van der Waals surface area contributed by atoms with Gasteiger partial charge in [0.15, 0.2) is 0 Å². The van der Waals surface area contributed by atoms with Gasteiger partial charge in [0.25, 0.3) is 0 Å². The maximum atomic E-state index is 3.85. The topological polar surface area (TPSA) is 12.4 Å². The van der Waals surface area contributed by atoms with Crippen LogP contribution in [0.5, 0.6) is 0 Å². The molecule has 0 N–H and O–H groups in total. The third-order valence-corrected chi connectivity index (χ3v) is 1.80. The molecule has 0 amide bonds. The van der Waals surface area contributed by atoms with Crippen molar-refractivity contribution >= 4 is 6.72 Å². The molecule has 1 nitrogen and oxygen atoms in total. The second kappa shape index (κ2) is 4.04. The molecule has 0 bridgehead atoms. The minimum absolute atomic E-state index is 1.01. The number of rotatable bonds is 2. The summed E-state index contributed by atoms with van der Waals surface area (Å²) in [5, 5.41) is 0. The van der Waals surface area contributed by atoms with Crippen LogP contribution in [-0.4, -0.2) is 6.72 Å². The molecule has 0 radical (unpaired) electrons. The predicted molar refractivity (Wildman–Crippen MR) is 47.4 cm³/mol. The fraction of sp³-hybridized carbons (Fsp3) is 0.444. The lowest BCUT2D eigenvalue weighted by Crippen LogP contribution is -1.82. The Bertz CT molecular complexity index is 185. The van der Waals surface area contributed by atoms with Gasteiger partial charge in [-0.15, -0.1) is 0 Å². The van der Waals surface area contributed by atoms with Gasteiger partial charge in [0.1, 0.15) is 0 Å². The van der Waals surface area contributed by atoms with Gasteiger partial charge in [0.2, 0.25) is 0 Å². The smallest absolute Gasteiger partial charge is 0.0397 e. The van der Waals surface area contributed by atoms with Crippen LogP contribution in [0.15, 0.2) is 27.9 Å². The van der Waals surface area contributed by atoms with Crippen molar-refractivity contribution < 1.29 is 0 Å². The van der Waals surface area contributed by atoms with Crippen molar-refractivity contribution in [2.45, 2.75) is 27.7 Å². The van der Waals surface area contributed by atoms with Crippen molar-refractivity contribution in [2.24, 2.45) is 4.99 Å². The zero-order chi connectivity index (χ0) is 8.15. The van der Waals surface area contributed by atoms with Crippen molar-refractivity contribution in [3.8, 4) is 0 Å². The van der Waals surface area contributed by atoms with E-state index in [1.807, 2.05) is 13.8 Å². The molecule has 0 aromatic carbocycles. The minimum atomic E-state index is 1.01. The molecule has 0 saturated heterocycles. The Labute approximate surface area is 63.2 Å². The summed E-state index contributed by atoms with van der Waals surface area (Å²) in [6.07, 6.45) is 2.07. The summed E-state index contributed by atoms with van der Waals surface area (Å²) >= 11 is 0. The summed E-state index contributed by atoms with van der Waals surface area (Å²) in [7, 11) is 0. The molecule has 0 unspecified atom stereocenters. The van der Waals surface area contributed by atoms with Crippen molar-refractivity contribution in [3.05, 3.63) is 22.9 Å². The van der Waals surface area contributed by atoms with Crippen LogP contribution in [-0.2, 0) is 0 Å². The second-order valence-corrected chi connectivity index (χ2v) is 2.34. The normalized spacial score (nSPS) is 14.6. The molecule has 56 valence electrons. The lowest BCUT2D eigenvalue weighted by atomic mass is 10.1. The maximum Gasteiger partial charge on any atom is 0.0397 e. The molecule has 0 atom stereocenters. The highest BCUT2D eigenvalue weighted by Crippen LogP contribution is 2.13. The van der Waals surface area contributed by atoms with Crippen LogP contribution in [0, 0.1) is 0 Å². The van der Waals surface area contributed by atoms with Gasteiger partial charge in [0, 0.05) is 5.70 Å². The Kier molecular flexibility index (Phi) is 3.70. The van der Waals surface area contributed by atoms with E-state index in [-0.39, 0.29) is 0 Å². The van der Waals surface area contributed by atoms with Gasteiger partial charge in [-0.05, 0) is 40.0 Å². The molecule has 0 aromatic heterocycles. The van der Waals surface area contributed by atoms with Crippen LogP contribution in [0.25, 0.3) is 0 Å². The van der Waals surface area contributed by atoms with Crippen LogP contribution < -0.4 is 0 Å². The maximum absolute atomic E-state index is 3.85. The third-order valence-electron chi connectivity index (χ3n) is 1.80. The fourth-order valence-electron chi connectivity index (χ4n) is 0.620. The SMILES string of the molecule is C=N/C(C)=C(C)\C(C)=C/C. The zero-order valence-corrected chi connectivity index (χ0v) is 7.23. The Morgan fingerprint density at radius 3 is 2.10 bits per heavy atom. The monoisotopic (exact) mass is 137 g/mol. The highest BCUT2D eigenvalue weighted by Gasteiger charge is 1.94. The first kappa shape index (κ1) is 9.15. The lowest BCUT2D eigenvalue weighted by molar-refractivity contribution is 1.19. The molecule has 0 rings (SSSR count). The van der Waals surface area contributed by atoms with E-state index in [0.29, 0.717) is 0 Å². The molecule has 0 aliphatic carbocycles. The molecule has 0 aliphatic heterocycles. The Morgan fingerprint density at radius 1 is 1.30 bits per heavy atom. The molecule has 0 aliphatic rings. The van der Waals surface area contributed by atoms with E-state index in [9.17, 15) is 0 Å². The number of aliphatic imine (C=N–C) groups is 1. The first-order valence-corrected chi connectivity index (χ1v) is 3.41. The molecule has 10 heavy (non-hydrogen) atoms. The summed E-state index contributed by atoms with van der Waals surface area (Å²) in [5.74, 6) is 0. The van der Waals surface area contributed by atoms with Crippen LogP contribution in [0.2, 0.25) is 0 Å². The summed E-state index contributed by atoms with van der Waals surface area (Å²) in [6, 6.07) is 0. The van der Waals surface area contributed by atoms with Gasteiger partial charge >= 0.3 is 0 Å². The molecule has 1 heteroatoms. The van der Waals surface area contributed by atoms with E-state index in [2.05, 4.69) is 31.6 Å². The molecule has 0 saturated carbocycles. The van der Waals surface area contributed by atoms with E-state index in [1.54, 1.807) is 0 Å². The highest BCUT2D eigenvalue weighted by atomic mass is 14.7. The molecular formula is C9H15N. The molecule has 0 heterocycles. The summed E-state index contributed by atoms with van der Waals surface area (Å²) in [4.78, 5) is 3.85. The highest BCUT2D eigenvalue weighted by molar-refractivity contribution is 5.36. The van der Waals surface area contributed by atoms with Gasteiger partial charge in [-0.25, -0.2) is 0 Å². The first-order valence-electron chi connectivity index (χ1n) is 3.41. The Hall–Kier alpha value is -0.850. The van der Waals surface area contributed by atoms with E-state index in [1.165, 1.54) is 11.1 Å². The van der Waals surface area contributed by atoms with Gasteiger partial charge in [0.05, 0.1) is 0 Å². The average molecular weight is 137 g/mol. The van der Waals surface area contributed by atoms with Crippen molar-refractivity contribution in [1.29, 1.82) is 0 Å². The predicted octanol–water partition coefficient (Wildman–Crippen LogP) is 2.95.